The minimum Gasteiger partial charge on any atom is -0.422 e. The van der Waals surface area contributed by atoms with Gasteiger partial charge in [-0.1, -0.05) is 18.2 Å². The lowest BCUT2D eigenvalue weighted by molar-refractivity contribution is -0.134. The number of nitrogens with zero attached hydrogens (tertiary/aromatic N) is 2. The molecule has 0 bridgehead atoms. The van der Waals surface area contributed by atoms with Crippen molar-refractivity contribution in [3.05, 3.63) is 46.3 Å². The van der Waals surface area contributed by atoms with Crippen molar-refractivity contribution < 1.29 is 14.0 Å². The Morgan fingerprint density at radius 3 is 2.58 bits per heavy atom. The van der Waals surface area contributed by atoms with Crippen LogP contribution in [0.1, 0.15) is 10.4 Å². The molecular formula is C18H19N3O4S. The van der Waals surface area contributed by atoms with E-state index in [9.17, 15) is 14.4 Å². The zero-order chi connectivity index (χ0) is 18.1. The van der Waals surface area contributed by atoms with Gasteiger partial charge in [0.15, 0.2) is 0 Å². The number of para-hydroxylation sites is 1. The van der Waals surface area contributed by atoms with Crippen molar-refractivity contribution in [2.24, 2.45) is 0 Å². The molecule has 2 aliphatic rings. The van der Waals surface area contributed by atoms with Gasteiger partial charge in [0, 0.05) is 43.2 Å². The first kappa shape index (κ1) is 17.1. The molecule has 4 rings (SSSR count). The fourth-order valence-electron chi connectivity index (χ4n) is 3.29. The number of fused-ring (bicyclic) bond motifs is 1. The lowest BCUT2D eigenvalue weighted by Crippen LogP contribution is -2.55. The topological polar surface area (TPSA) is 82.9 Å². The minimum atomic E-state index is -0.626. The van der Waals surface area contributed by atoms with Crippen LogP contribution in [0.3, 0.4) is 0 Å². The van der Waals surface area contributed by atoms with Crippen molar-refractivity contribution in [2.45, 2.75) is 6.04 Å². The second-order valence-corrected chi connectivity index (χ2v) is 7.40. The Hall–Kier alpha value is -2.32. The summed E-state index contributed by atoms with van der Waals surface area (Å²) in [6.07, 6.45) is 0. The van der Waals surface area contributed by atoms with E-state index in [0.717, 1.165) is 11.6 Å². The molecule has 1 N–H and O–H groups in total. The number of amides is 2. The van der Waals surface area contributed by atoms with Gasteiger partial charge in [0.25, 0.3) is 5.91 Å². The highest BCUT2D eigenvalue weighted by atomic mass is 32.2. The Bertz CT molecular complexity index is 899. The van der Waals surface area contributed by atoms with Crippen LogP contribution in [-0.4, -0.2) is 65.5 Å². The largest absolute Gasteiger partial charge is 0.422 e. The number of nitrogens with one attached hydrogen (secondary N) is 1. The van der Waals surface area contributed by atoms with Gasteiger partial charge in [0.1, 0.15) is 11.1 Å². The number of piperazine rings is 1. The van der Waals surface area contributed by atoms with Crippen molar-refractivity contribution in [1.29, 1.82) is 0 Å². The quantitative estimate of drug-likeness (QED) is 0.782. The summed E-state index contributed by atoms with van der Waals surface area (Å²) in [4.78, 5) is 40.7. The van der Waals surface area contributed by atoms with Gasteiger partial charge < -0.3 is 14.2 Å². The van der Waals surface area contributed by atoms with E-state index in [2.05, 4.69) is 5.32 Å². The third kappa shape index (κ3) is 3.22. The van der Waals surface area contributed by atoms with E-state index in [4.69, 9.17) is 4.42 Å². The van der Waals surface area contributed by atoms with E-state index in [-0.39, 0.29) is 23.4 Å². The molecule has 1 aromatic heterocycles. The number of thioether (sulfide) groups is 1. The summed E-state index contributed by atoms with van der Waals surface area (Å²) >= 11 is 1.71. The molecule has 2 fully saturated rings. The van der Waals surface area contributed by atoms with Crippen LogP contribution in [0.5, 0.6) is 0 Å². The fraction of sp³-hybridized carbons (Fsp3) is 0.389. The monoisotopic (exact) mass is 373 g/mol. The molecule has 2 aromatic rings. The summed E-state index contributed by atoms with van der Waals surface area (Å²) < 4.78 is 5.25. The first-order chi connectivity index (χ1) is 12.6. The molecule has 8 heteroatoms. The third-order valence-corrected chi connectivity index (χ3v) is 5.70. The zero-order valence-corrected chi connectivity index (χ0v) is 15.0. The molecule has 1 atom stereocenters. The maximum atomic E-state index is 12.7. The second-order valence-electron chi connectivity index (χ2n) is 6.37. The van der Waals surface area contributed by atoms with Gasteiger partial charge in [-0.15, -0.1) is 11.8 Å². The lowest BCUT2D eigenvalue weighted by atomic mass is 10.1. The van der Waals surface area contributed by atoms with Gasteiger partial charge in [-0.3, -0.25) is 14.9 Å². The second kappa shape index (κ2) is 7.13. The number of carbonyl (C=O) groups is 2. The molecule has 0 spiro atoms. The summed E-state index contributed by atoms with van der Waals surface area (Å²) in [6, 6.07) is 8.57. The maximum Gasteiger partial charge on any atom is 0.349 e. The molecular weight excluding hydrogens is 354 g/mol. The van der Waals surface area contributed by atoms with Crippen LogP contribution in [0, 0.1) is 0 Å². The van der Waals surface area contributed by atoms with Gasteiger partial charge >= 0.3 is 5.63 Å². The smallest absolute Gasteiger partial charge is 0.349 e. The molecule has 1 aromatic carbocycles. The summed E-state index contributed by atoms with van der Waals surface area (Å²) in [5, 5.41) is 3.89. The van der Waals surface area contributed by atoms with Gasteiger partial charge in [-0.25, -0.2) is 4.79 Å². The van der Waals surface area contributed by atoms with E-state index in [0.29, 0.717) is 37.1 Å². The maximum absolute atomic E-state index is 12.7. The molecule has 136 valence electrons. The normalized spacial score (nSPS) is 20.5. The number of carbonyl (C=O) groups excluding carboxylic acids is 2. The number of hydrogen-bond donors (Lipinski definition) is 1. The van der Waals surface area contributed by atoms with Crippen LogP contribution in [0.2, 0.25) is 0 Å². The van der Waals surface area contributed by atoms with Crippen LogP contribution in [0.25, 0.3) is 11.0 Å². The van der Waals surface area contributed by atoms with Crippen LogP contribution in [-0.2, 0) is 4.79 Å². The van der Waals surface area contributed by atoms with Crippen molar-refractivity contribution in [2.75, 3.05) is 37.8 Å². The van der Waals surface area contributed by atoms with Crippen LogP contribution in [0.15, 0.2) is 39.5 Å². The fourth-order valence-corrected chi connectivity index (χ4v) is 4.22. The summed E-state index contributed by atoms with van der Waals surface area (Å²) in [6.45, 7) is 1.78. The van der Waals surface area contributed by atoms with E-state index < -0.39 is 5.63 Å². The molecule has 2 amide bonds. The third-order valence-electron chi connectivity index (χ3n) is 4.76. The van der Waals surface area contributed by atoms with E-state index >= 15 is 0 Å². The molecule has 7 nitrogen and oxygen atoms in total. The lowest BCUT2D eigenvalue weighted by Gasteiger charge is -2.35. The van der Waals surface area contributed by atoms with Crippen LogP contribution in [0.4, 0.5) is 0 Å². The van der Waals surface area contributed by atoms with Crippen molar-refractivity contribution in [3.8, 4) is 0 Å². The van der Waals surface area contributed by atoms with Crippen LogP contribution < -0.4 is 10.9 Å². The average molecular weight is 373 g/mol. The predicted octanol–water partition coefficient (Wildman–Crippen LogP) is 0.740. The molecule has 2 aliphatic heterocycles. The SMILES string of the molecule is O=C(c1cc2ccccc2oc1=O)N1CCN(C(=O)C2CSCN2)CC1. The Balaban J connectivity index is 1.46. The zero-order valence-electron chi connectivity index (χ0n) is 14.1. The molecule has 0 aliphatic carbocycles. The first-order valence-electron chi connectivity index (χ1n) is 8.55. The van der Waals surface area contributed by atoms with E-state index in [1.165, 1.54) is 0 Å². The number of rotatable bonds is 2. The van der Waals surface area contributed by atoms with Gasteiger partial charge in [0.05, 0.1) is 6.04 Å². The Morgan fingerprint density at radius 2 is 1.85 bits per heavy atom. The van der Waals surface area contributed by atoms with Gasteiger partial charge in [-0.05, 0) is 12.1 Å². The molecule has 0 saturated carbocycles. The standard InChI is InChI=1S/C18H19N3O4S/c22-16(13-9-12-3-1-2-4-15(12)25-18(13)24)20-5-7-21(8-6-20)17(23)14-10-26-11-19-14/h1-4,9,14,19H,5-8,10-11H2. The Kier molecular flexibility index (Phi) is 4.69. The molecule has 2 saturated heterocycles. The summed E-state index contributed by atoms with van der Waals surface area (Å²) in [7, 11) is 0. The minimum absolute atomic E-state index is 0.0392. The van der Waals surface area contributed by atoms with Gasteiger partial charge in [-0.2, -0.15) is 0 Å². The van der Waals surface area contributed by atoms with Gasteiger partial charge in [0.2, 0.25) is 5.91 Å². The highest BCUT2D eigenvalue weighted by molar-refractivity contribution is 7.99. The number of benzene rings is 1. The summed E-state index contributed by atoms with van der Waals surface area (Å²) in [5.74, 6) is 1.33. The molecule has 0 radical (unpaired) electrons. The van der Waals surface area contributed by atoms with Crippen LogP contribution >= 0.6 is 11.8 Å². The molecule has 1 unspecified atom stereocenters. The van der Waals surface area contributed by atoms with Crippen molar-refractivity contribution in [1.82, 2.24) is 15.1 Å². The van der Waals surface area contributed by atoms with Crippen molar-refractivity contribution in [3.63, 3.8) is 0 Å². The molecule has 26 heavy (non-hydrogen) atoms. The van der Waals surface area contributed by atoms with E-state index in [1.807, 2.05) is 6.07 Å². The van der Waals surface area contributed by atoms with E-state index in [1.54, 1.807) is 45.8 Å². The number of hydrogen-bond acceptors (Lipinski definition) is 6. The first-order valence-corrected chi connectivity index (χ1v) is 9.71. The molecule has 3 heterocycles. The van der Waals surface area contributed by atoms with Crippen molar-refractivity contribution >= 4 is 34.5 Å². The Labute approximate surface area is 154 Å². The summed E-state index contributed by atoms with van der Waals surface area (Å²) in [5.41, 5.74) is -0.122. The highest BCUT2D eigenvalue weighted by Gasteiger charge is 2.31. The Morgan fingerprint density at radius 1 is 1.12 bits per heavy atom. The highest BCUT2D eigenvalue weighted by Crippen LogP contribution is 2.16. The average Bonchev–Trinajstić information content (AvgIpc) is 3.21. The predicted molar refractivity (Wildman–Crippen MR) is 99.2 cm³/mol.